The first-order valence-electron chi connectivity index (χ1n) is 7.52. The van der Waals surface area contributed by atoms with Crippen molar-refractivity contribution in [3.8, 4) is 11.1 Å². The van der Waals surface area contributed by atoms with Crippen LogP contribution in [0.5, 0.6) is 0 Å². The molecule has 0 fully saturated rings. The fraction of sp³-hybridized carbons (Fsp3) is 0.111. The second-order valence-corrected chi connectivity index (χ2v) is 5.52. The van der Waals surface area contributed by atoms with E-state index in [1.807, 2.05) is 0 Å². The van der Waals surface area contributed by atoms with Crippen molar-refractivity contribution in [3.05, 3.63) is 66.0 Å². The van der Waals surface area contributed by atoms with Crippen LogP contribution in [0.4, 0.5) is 28.9 Å². The molecule has 0 aliphatic carbocycles. The van der Waals surface area contributed by atoms with Crippen LogP contribution in [0.2, 0.25) is 0 Å². The summed E-state index contributed by atoms with van der Waals surface area (Å²) in [5.41, 5.74) is -0.00134. The maximum atomic E-state index is 13.6. The molecule has 26 heavy (non-hydrogen) atoms. The number of para-hydroxylation sites is 1. The van der Waals surface area contributed by atoms with Crippen LogP contribution in [0.25, 0.3) is 11.1 Å². The van der Waals surface area contributed by atoms with E-state index in [4.69, 9.17) is 0 Å². The highest BCUT2D eigenvalue weighted by Gasteiger charge is 2.24. The molecule has 0 bridgehead atoms. The van der Waals surface area contributed by atoms with Gasteiger partial charge in [0.1, 0.15) is 11.6 Å². The molecule has 0 atom stereocenters. The van der Waals surface area contributed by atoms with Crippen molar-refractivity contribution in [1.29, 1.82) is 0 Å². The minimum Gasteiger partial charge on any atom is -0.279 e. The van der Waals surface area contributed by atoms with Crippen molar-refractivity contribution in [1.82, 2.24) is 9.78 Å². The lowest BCUT2D eigenvalue weighted by molar-refractivity contribution is -0.106. The van der Waals surface area contributed by atoms with Gasteiger partial charge in [-0.2, -0.15) is 5.10 Å². The Morgan fingerprint density at radius 3 is 2.35 bits per heavy atom. The first-order chi connectivity index (χ1) is 12.4. The van der Waals surface area contributed by atoms with Crippen molar-refractivity contribution >= 4 is 17.8 Å². The number of rotatable bonds is 5. The molecule has 0 radical (unpaired) electrons. The Morgan fingerprint density at radius 2 is 1.73 bits per heavy atom. The lowest BCUT2D eigenvalue weighted by atomic mass is 10.0. The zero-order valence-electron chi connectivity index (χ0n) is 13.5. The summed E-state index contributed by atoms with van der Waals surface area (Å²) in [7, 11) is 1.45. The van der Waals surface area contributed by atoms with Crippen LogP contribution >= 0.6 is 0 Å². The highest BCUT2D eigenvalue weighted by atomic mass is 19.3. The van der Waals surface area contributed by atoms with Gasteiger partial charge in [-0.15, -0.1) is 0 Å². The Bertz CT molecular complexity index is 935. The molecule has 8 heteroatoms. The van der Waals surface area contributed by atoms with Gasteiger partial charge in [0.15, 0.2) is 5.69 Å². The van der Waals surface area contributed by atoms with E-state index in [1.165, 1.54) is 19.3 Å². The molecule has 0 N–H and O–H groups in total. The number of alkyl halides is 2. The van der Waals surface area contributed by atoms with Gasteiger partial charge < -0.3 is 0 Å². The molecule has 0 saturated heterocycles. The first-order valence-corrected chi connectivity index (χ1v) is 7.52. The lowest BCUT2D eigenvalue weighted by Crippen LogP contribution is -2.16. The van der Waals surface area contributed by atoms with Crippen molar-refractivity contribution in [3.63, 3.8) is 0 Å². The average Bonchev–Trinajstić information content (AvgIpc) is 2.97. The number of carbonyl (C=O) groups is 1. The minimum absolute atomic E-state index is 0.109. The number of benzene rings is 2. The molecule has 1 heterocycles. The number of aryl methyl sites for hydroxylation is 1. The van der Waals surface area contributed by atoms with Crippen LogP contribution in [0.3, 0.4) is 0 Å². The lowest BCUT2D eigenvalue weighted by Gasteiger charge is -2.20. The molecular weight excluding hydrogens is 350 g/mol. The van der Waals surface area contributed by atoms with Gasteiger partial charge in [-0.3, -0.25) is 14.4 Å². The molecule has 0 unspecified atom stereocenters. The average molecular weight is 363 g/mol. The van der Waals surface area contributed by atoms with Crippen LogP contribution < -0.4 is 4.90 Å². The molecule has 1 amide bonds. The van der Waals surface area contributed by atoms with Gasteiger partial charge in [-0.1, -0.05) is 18.2 Å². The third-order valence-corrected chi connectivity index (χ3v) is 3.75. The van der Waals surface area contributed by atoms with E-state index in [2.05, 4.69) is 5.10 Å². The van der Waals surface area contributed by atoms with Gasteiger partial charge in [0.05, 0.1) is 11.4 Å². The second kappa shape index (κ2) is 6.99. The molecule has 0 saturated carbocycles. The third-order valence-electron chi connectivity index (χ3n) is 3.75. The van der Waals surface area contributed by atoms with E-state index in [9.17, 15) is 22.4 Å². The fourth-order valence-corrected chi connectivity index (χ4v) is 2.71. The van der Waals surface area contributed by atoms with Gasteiger partial charge in [-0.25, -0.2) is 17.6 Å². The number of halogens is 4. The predicted octanol–water partition coefficient (Wildman–Crippen LogP) is 4.60. The minimum atomic E-state index is -2.90. The number of hydrogen-bond donors (Lipinski definition) is 0. The molecule has 134 valence electrons. The van der Waals surface area contributed by atoms with Crippen LogP contribution in [0.1, 0.15) is 12.1 Å². The standard InChI is InChI=1S/C18H13F4N3O/c1-24-9-16(17(23-24)18(21)22)25(10-26)15-5-3-2-4-14(15)11-6-12(19)8-13(20)7-11/h2-10,18H,1H3. The Kier molecular flexibility index (Phi) is 4.75. The third kappa shape index (κ3) is 3.30. The Labute approximate surface area is 146 Å². The zero-order valence-corrected chi connectivity index (χ0v) is 13.5. The van der Waals surface area contributed by atoms with E-state index < -0.39 is 23.8 Å². The predicted molar refractivity (Wildman–Crippen MR) is 88.2 cm³/mol. The van der Waals surface area contributed by atoms with Gasteiger partial charge in [0.25, 0.3) is 6.43 Å². The van der Waals surface area contributed by atoms with Gasteiger partial charge in [-0.05, 0) is 23.8 Å². The zero-order chi connectivity index (χ0) is 18.8. The van der Waals surface area contributed by atoms with E-state index in [0.29, 0.717) is 12.0 Å². The Hall–Kier alpha value is -3.16. The molecule has 1 aromatic heterocycles. The topological polar surface area (TPSA) is 38.1 Å². The van der Waals surface area contributed by atoms with Crippen LogP contribution in [0, 0.1) is 11.6 Å². The van der Waals surface area contributed by atoms with E-state index in [1.54, 1.807) is 18.2 Å². The smallest absolute Gasteiger partial charge is 0.279 e. The van der Waals surface area contributed by atoms with Crippen molar-refractivity contribution in [2.45, 2.75) is 6.43 Å². The van der Waals surface area contributed by atoms with Gasteiger partial charge in [0, 0.05) is 24.9 Å². The van der Waals surface area contributed by atoms with Crippen molar-refractivity contribution < 1.29 is 22.4 Å². The summed E-state index contributed by atoms with van der Waals surface area (Å²) in [6, 6.07) is 9.16. The number of carbonyl (C=O) groups excluding carboxylic acids is 1. The maximum absolute atomic E-state index is 13.6. The largest absolute Gasteiger partial charge is 0.284 e. The Balaban J connectivity index is 2.19. The molecule has 3 rings (SSSR count). The first kappa shape index (κ1) is 17.7. The summed E-state index contributed by atoms with van der Waals surface area (Å²) in [6.07, 6.45) is -1.26. The summed E-state index contributed by atoms with van der Waals surface area (Å²) >= 11 is 0. The highest BCUT2D eigenvalue weighted by Crippen LogP contribution is 2.38. The second-order valence-electron chi connectivity index (χ2n) is 5.52. The highest BCUT2D eigenvalue weighted by molar-refractivity contribution is 5.94. The van der Waals surface area contributed by atoms with Gasteiger partial charge >= 0.3 is 0 Å². The van der Waals surface area contributed by atoms with Crippen molar-refractivity contribution in [2.75, 3.05) is 4.90 Å². The molecule has 0 spiro atoms. The maximum Gasteiger partial charge on any atom is 0.284 e. The monoisotopic (exact) mass is 363 g/mol. The molecule has 2 aromatic carbocycles. The number of hydrogen-bond acceptors (Lipinski definition) is 2. The summed E-state index contributed by atoms with van der Waals surface area (Å²) in [6.45, 7) is 0. The number of anilines is 2. The normalized spacial score (nSPS) is 11.0. The molecule has 3 aromatic rings. The quantitative estimate of drug-likeness (QED) is 0.491. The van der Waals surface area contributed by atoms with Crippen LogP contribution in [0.15, 0.2) is 48.7 Å². The molecular formula is C18H13F4N3O. The number of amides is 1. The molecule has 0 aliphatic rings. The van der Waals surface area contributed by atoms with Crippen LogP contribution in [-0.2, 0) is 11.8 Å². The van der Waals surface area contributed by atoms with Crippen molar-refractivity contribution in [2.24, 2.45) is 7.05 Å². The van der Waals surface area contributed by atoms with Crippen LogP contribution in [-0.4, -0.2) is 16.2 Å². The fourth-order valence-electron chi connectivity index (χ4n) is 2.71. The summed E-state index contributed by atoms with van der Waals surface area (Å²) in [5.74, 6) is -1.58. The SMILES string of the molecule is Cn1cc(N(C=O)c2ccccc2-c2cc(F)cc(F)c2)c(C(F)F)n1. The molecule has 4 nitrogen and oxygen atoms in total. The van der Waals surface area contributed by atoms with Gasteiger partial charge in [0.2, 0.25) is 6.41 Å². The summed E-state index contributed by atoms with van der Waals surface area (Å²) in [4.78, 5) is 12.7. The van der Waals surface area contributed by atoms with E-state index in [0.717, 1.165) is 27.8 Å². The van der Waals surface area contributed by atoms with E-state index in [-0.39, 0.29) is 16.9 Å². The van der Waals surface area contributed by atoms with E-state index >= 15 is 0 Å². The summed E-state index contributed by atoms with van der Waals surface area (Å²) < 4.78 is 54.9. The molecule has 0 aliphatic heterocycles. The Morgan fingerprint density at radius 1 is 1.08 bits per heavy atom. The number of aromatic nitrogens is 2. The summed E-state index contributed by atoms with van der Waals surface area (Å²) in [5, 5.41) is 3.68. The number of nitrogens with zero attached hydrogens (tertiary/aromatic N) is 3.